The Morgan fingerprint density at radius 3 is 2.49 bits per heavy atom. The minimum atomic E-state index is 0. The maximum Gasteiger partial charge on any atom is 2.00 e. The molecule has 3 heterocycles. The van der Waals surface area contributed by atoms with E-state index in [1.807, 2.05) is 54.1 Å². The van der Waals surface area contributed by atoms with Crippen molar-refractivity contribution in [3.05, 3.63) is 132 Å². The summed E-state index contributed by atoms with van der Waals surface area (Å²) in [6.45, 7) is 8.63. The quantitative estimate of drug-likeness (QED) is 0.145. The molecular weight excluding hydrogens is 736 g/mol. The molecule has 0 aliphatic heterocycles. The third-order valence-corrected chi connectivity index (χ3v) is 8.10. The minimum absolute atomic E-state index is 0. The van der Waals surface area contributed by atoms with Crippen molar-refractivity contribution in [3.63, 3.8) is 0 Å². The van der Waals surface area contributed by atoms with Crippen molar-refractivity contribution in [2.45, 2.75) is 40.5 Å². The van der Waals surface area contributed by atoms with Crippen LogP contribution in [0.1, 0.15) is 38.6 Å². The molecule has 7 aromatic rings. The van der Waals surface area contributed by atoms with Crippen LogP contribution in [0.15, 0.2) is 103 Å². The Bertz CT molecular complexity index is 2170. The van der Waals surface area contributed by atoms with Crippen LogP contribution >= 0.6 is 0 Å². The molecule has 0 aliphatic rings. The number of aryl methyl sites for hydroxylation is 2. The zero-order chi connectivity index (χ0) is 31.1. The van der Waals surface area contributed by atoms with E-state index >= 15 is 0 Å². The Hall–Kier alpha value is -4.47. The summed E-state index contributed by atoms with van der Waals surface area (Å²) in [6.07, 6.45) is 3.84. The summed E-state index contributed by atoms with van der Waals surface area (Å²) < 4.78 is 18.6. The number of benzene rings is 4. The van der Waals surface area contributed by atoms with Gasteiger partial charge in [0.1, 0.15) is 5.82 Å². The van der Waals surface area contributed by atoms with Crippen LogP contribution in [0.4, 0.5) is 0 Å². The van der Waals surface area contributed by atoms with Gasteiger partial charge in [-0.15, -0.1) is 35.7 Å². The fraction of sp³-hybridized carbons (Fsp3) is 0.179. The number of nitrogens with zero attached hydrogens (tertiary/aromatic N) is 4. The van der Waals surface area contributed by atoms with Crippen LogP contribution < -0.4 is 4.74 Å². The molecule has 45 heavy (non-hydrogen) atoms. The van der Waals surface area contributed by atoms with Crippen LogP contribution in [-0.4, -0.2) is 19.3 Å². The van der Waals surface area contributed by atoms with Gasteiger partial charge < -0.3 is 9.30 Å². The second-order valence-electron chi connectivity index (χ2n) is 11.6. The number of hydrogen-bond donors (Lipinski definition) is 0. The summed E-state index contributed by atoms with van der Waals surface area (Å²) >= 11 is 0. The van der Waals surface area contributed by atoms with Crippen LogP contribution in [0.5, 0.6) is 11.5 Å². The van der Waals surface area contributed by atoms with E-state index in [0.29, 0.717) is 29.3 Å². The van der Waals surface area contributed by atoms with Gasteiger partial charge in [-0.05, 0) is 73.0 Å². The van der Waals surface area contributed by atoms with E-state index in [0.717, 1.165) is 62.8 Å². The number of fused-ring (bicyclic) bond motifs is 3. The standard InChI is InChI=1S/C39H34N4O.Pt/c1-26(2)16-17-29-18-21-36-35(23-29)34-20-19-33(25-37(34)42(36)38-15-8-9-22-40-38)44-32-14-10-13-31(24-32)43-28(4)39(27(3)41-43)30-11-6-5-7-12-30;/h5-15,18-23,26H,16-17H2,1-4H3;/q-2;+2/i8D;. The third-order valence-electron chi connectivity index (χ3n) is 8.10. The molecule has 0 N–H and O–H groups in total. The van der Waals surface area contributed by atoms with Gasteiger partial charge in [0.25, 0.3) is 0 Å². The smallest absolute Gasteiger partial charge is 0.509 e. The molecular formula is C39H34N4OPt. The number of pyridine rings is 1. The molecule has 5 nitrogen and oxygen atoms in total. The first kappa shape index (κ1) is 29.3. The SMILES string of the molecule is [2H]c1ccnc(-n2c3[c-]c(Oc4[c-]c(-n5nc(C)c(-c6ccccc6)c5C)ccc4)ccc3c3cc(CCC(C)C)ccc32)c1.[Pt+2]. The molecule has 6 heteroatoms. The largest absolute Gasteiger partial charge is 2.00 e. The molecule has 0 atom stereocenters. The Balaban J connectivity index is 0.00000372. The summed E-state index contributed by atoms with van der Waals surface area (Å²) in [5.74, 6) is 2.46. The topological polar surface area (TPSA) is 44.9 Å². The molecule has 0 radical (unpaired) electrons. The van der Waals surface area contributed by atoms with Gasteiger partial charge in [-0.25, -0.2) is 4.98 Å². The Kier molecular flexibility index (Phi) is 8.36. The molecule has 226 valence electrons. The average Bonchev–Trinajstić information content (AvgIpc) is 3.52. The first-order chi connectivity index (χ1) is 21.9. The fourth-order valence-corrected chi connectivity index (χ4v) is 5.96. The first-order valence-electron chi connectivity index (χ1n) is 15.6. The fourth-order valence-electron chi connectivity index (χ4n) is 5.96. The monoisotopic (exact) mass is 770 g/mol. The second kappa shape index (κ2) is 12.9. The maximum absolute atomic E-state index is 8.24. The van der Waals surface area contributed by atoms with Gasteiger partial charge in [0.2, 0.25) is 0 Å². The molecule has 0 fully saturated rings. The van der Waals surface area contributed by atoms with Crippen molar-refractivity contribution < 1.29 is 27.2 Å². The normalized spacial score (nSPS) is 11.6. The second-order valence-corrected chi connectivity index (χ2v) is 11.6. The molecule has 7 rings (SSSR count). The van der Waals surface area contributed by atoms with Crippen LogP contribution in [0.3, 0.4) is 0 Å². The van der Waals surface area contributed by atoms with Gasteiger partial charge in [-0.1, -0.05) is 67.9 Å². The molecule has 0 unspecified atom stereocenters. The van der Waals surface area contributed by atoms with E-state index in [-0.39, 0.29) is 21.1 Å². The van der Waals surface area contributed by atoms with Crippen molar-refractivity contribution in [2.75, 3.05) is 0 Å². The zero-order valence-electron chi connectivity index (χ0n) is 26.7. The maximum atomic E-state index is 8.24. The predicted molar refractivity (Wildman–Crippen MR) is 178 cm³/mol. The van der Waals surface area contributed by atoms with E-state index < -0.39 is 0 Å². The van der Waals surface area contributed by atoms with Gasteiger partial charge in [-0.3, -0.25) is 4.68 Å². The number of ether oxygens (including phenoxy) is 1. The molecule has 0 aliphatic carbocycles. The average molecular weight is 771 g/mol. The van der Waals surface area contributed by atoms with Gasteiger partial charge in [0, 0.05) is 34.5 Å². The van der Waals surface area contributed by atoms with Crippen LogP contribution in [0, 0.1) is 31.9 Å². The van der Waals surface area contributed by atoms with Crippen LogP contribution in [0.2, 0.25) is 0 Å². The Morgan fingerprint density at radius 2 is 1.69 bits per heavy atom. The molecule has 0 bridgehead atoms. The van der Waals surface area contributed by atoms with E-state index in [1.54, 1.807) is 18.3 Å². The van der Waals surface area contributed by atoms with Crippen LogP contribution in [-0.2, 0) is 27.5 Å². The summed E-state index contributed by atoms with van der Waals surface area (Å²) in [7, 11) is 0. The third kappa shape index (κ3) is 5.97. The van der Waals surface area contributed by atoms with Crippen molar-refractivity contribution in [3.8, 4) is 34.1 Å². The first-order valence-corrected chi connectivity index (χ1v) is 15.1. The molecule has 4 aromatic carbocycles. The van der Waals surface area contributed by atoms with E-state index in [4.69, 9.17) is 11.2 Å². The summed E-state index contributed by atoms with van der Waals surface area (Å²) in [4.78, 5) is 4.63. The van der Waals surface area contributed by atoms with Crippen molar-refractivity contribution in [2.24, 2.45) is 5.92 Å². The van der Waals surface area contributed by atoms with Gasteiger partial charge >= 0.3 is 21.1 Å². The molecule has 0 saturated heterocycles. The Labute approximate surface area is 280 Å². The van der Waals surface area contributed by atoms with E-state index in [1.165, 1.54) is 5.56 Å². The summed E-state index contributed by atoms with van der Waals surface area (Å²) in [5, 5.41) is 7.05. The van der Waals surface area contributed by atoms with Gasteiger partial charge in [0.15, 0.2) is 0 Å². The minimum Gasteiger partial charge on any atom is -0.509 e. The van der Waals surface area contributed by atoms with Crippen molar-refractivity contribution in [1.82, 2.24) is 19.3 Å². The molecule has 0 amide bonds. The predicted octanol–water partition coefficient (Wildman–Crippen LogP) is 9.63. The number of hydrogen-bond acceptors (Lipinski definition) is 3. The summed E-state index contributed by atoms with van der Waals surface area (Å²) in [5.41, 5.74) is 8.26. The van der Waals surface area contributed by atoms with Gasteiger partial charge in [0.05, 0.1) is 7.06 Å². The van der Waals surface area contributed by atoms with Crippen molar-refractivity contribution in [1.29, 1.82) is 0 Å². The zero-order valence-corrected chi connectivity index (χ0v) is 28.0. The molecule has 0 spiro atoms. The summed E-state index contributed by atoms with van der Waals surface area (Å²) in [6, 6.07) is 37.7. The number of aromatic nitrogens is 4. The molecule has 3 aromatic heterocycles. The number of rotatable bonds is 8. The Morgan fingerprint density at radius 1 is 0.867 bits per heavy atom. The van der Waals surface area contributed by atoms with E-state index in [9.17, 15) is 0 Å². The molecule has 0 saturated carbocycles. The van der Waals surface area contributed by atoms with Crippen LogP contribution in [0.25, 0.3) is 44.4 Å². The van der Waals surface area contributed by atoms with Crippen molar-refractivity contribution >= 4 is 21.8 Å². The van der Waals surface area contributed by atoms with Gasteiger partial charge in [-0.2, -0.15) is 17.2 Å². The van der Waals surface area contributed by atoms with E-state index in [2.05, 4.69) is 78.9 Å².